The number of hydrogen-bond acceptors (Lipinski definition) is 3. The molecule has 0 aliphatic rings. The summed E-state index contributed by atoms with van der Waals surface area (Å²) in [4.78, 5) is 23.7. The van der Waals surface area contributed by atoms with Crippen LogP contribution >= 0.6 is 0 Å². The lowest BCUT2D eigenvalue weighted by Crippen LogP contribution is -2.51. The first-order valence-electron chi connectivity index (χ1n) is 5.18. The Balaban J connectivity index is 4.46. The summed E-state index contributed by atoms with van der Waals surface area (Å²) in [5.41, 5.74) is 0. The Kier molecular flexibility index (Phi) is 5.81. The van der Waals surface area contributed by atoms with E-state index in [1.807, 2.05) is 0 Å². The van der Waals surface area contributed by atoms with Gasteiger partial charge in [0.15, 0.2) is 0 Å². The summed E-state index contributed by atoms with van der Waals surface area (Å²) in [6, 6.07) is -1.76. The number of rotatable bonds is 5. The van der Waals surface area contributed by atoms with E-state index in [-0.39, 0.29) is 18.6 Å². The van der Waals surface area contributed by atoms with Crippen LogP contribution in [0.2, 0.25) is 0 Å². The fraction of sp³-hybridized carbons (Fsp3) is 0.800. The Morgan fingerprint density at radius 1 is 1.31 bits per heavy atom. The van der Waals surface area contributed by atoms with Crippen LogP contribution in [0.3, 0.4) is 0 Å². The Labute approximate surface area is 95.2 Å². The maximum atomic E-state index is 11.6. The third kappa shape index (κ3) is 4.06. The van der Waals surface area contributed by atoms with Gasteiger partial charge in [-0.15, -0.1) is 0 Å². The minimum atomic E-state index is -1.06. The van der Waals surface area contributed by atoms with Crippen LogP contribution in [0.1, 0.15) is 20.8 Å². The van der Waals surface area contributed by atoms with E-state index in [0.29, 0.717) is 0 Å². The van der Waals surface area contributed by atoms with Gasteiger partial charge in [-0.3, -0.25) is 0 Å². The number of aliphatic hydroxyl groups is 1. The van der Waals surface area contributed by atoms with E-state index < -0.39 is 18.0 Å². The number of hydrogen-bond donors (Lipinski definition) is 3. The number of urea groups is 1. The molecule has 0 bridgehead atoms. The summed E-state index contributed by atoms with van der Waals surface area (Å²) in [6.45, 7) is 4.94. The van der Waals surface area contributed by atoms with Gasteiger partial charge in [-0.25, -0.2) is 9.59 Å². The van der Waals surface area contributed by atoms with Crippen molar-refractivity contribution in [2.45, 2.75) is 32.9 Å². The van der Waals surface area contributed by atoms with Crippen molar-refractivity contribution in [3.63, 3.8) is 0 Å². The highest BCUT2D eigenvalue weighted by Gasteiger charge is 2.25. The number of carbonyl (C=O) groups is 2. The summed E-state index contributed by atoms with van der Waals surface area (Å²) in [5, 5.41) is 20.2. The maximum Gasteiger partial charge on any atom is 0.326 e. The van der Waals surface area contributed by atoms with Gasteiger partial charge in [0, 0.05) is 7.05 Å². The van der Waals surface area contributed by atoms with Crippen LogP contribution in [0.15, 0.2) is 0 Å². The van der Waals surface area contributed by atoms with Gasteiger partial charge in [-0.05, 0) is 12.8 Å². The Morgan fingerprint density at radius 3 is 2.12 bits per heavy atom. The number of aliphatic carboxylic acids is 1. The van der Waals surface area contributed by atoms with Crippen molar-refractivity contribution >= 4 is 12.0 Å². The first-order chi connectivity index (χ1) is 7.31. The van der Waals surface area contributed by atoms with E-state index in [9.17, 15) is 9.59 Å². The number of carboxylic acids is 1. The zero-order chi connectivity index (χ0) is 12.9. The van der Waals surface area contributed by atoms with Crippen molar-refractivity contribution < 1.29 is 19.8 Å². The summed E-state index contributed by atoms with van der Waals surface area (Å²) in [5.74, 6) is -1.26. The number of amides is 2. The number of carboxylic acid groups (broad SMARTS) is 1. The molecule has 2 atom stereocenters. The van der Waals surface area contributed by atoms with E-state index >= 15 is 0 Å². The largest absolute Gasteiger partial charge is 0.480 e. The molecule has 0 aromatic heterocycles. The van der Waals surface area contributed by atoms with E-state index in [2.05, 4.69) is 5.32 Å². The number of carbonyl (C=O) groups excluding carboxylic acids is 1. The minimum absolute atomic E-state index is 0.163. The second kappa shape index (κ2) is 6.32. The van der Waals surface area contributed by atoms with E-state index in [1.54, 1.807) is 20.8 Å². The van der Waals surface area contributed by atoms with E-state index in [0.717, 1.165) is 0 Å². The molecule has 0 aliphatic heterocycles. The number of nitrogens with one attached hydrogen (secondary N) is 1. The van der Waals surface area contributed by atoms with E-state index in [4.69, 9.17) is 10.2 Å². The zero-order valence-corrected chi connectivity index (χ0v) is 10.1. The molecule has 0 fully saturated rings. The molecular formula is C10H20N2O4. The number of likely N-dealkylation sites (N-methyl/N-ethyl adjacent to an activating group) is 1. The van der Waals surface area contributed by atoms with Crippen LogP contribution in [-0.2, 0) is 4.79 Å². The summed E-state index contributed by atoms with van der Waals surface area (Å²) in [6.07, 6.45) is 0. The molecule has 94 valence electrons. The summed E-state index contributed by atoms with van der Waals surface area (Å²) >= 11 is 0. The molecule has 0 heterocycles. The lowest BCUT2D eigenvalue weighted by molar-refractivity contribution is -0.140. The van der Waals surface area contributed by atoms with Crippen molar-refractivity contribution in [2.75, 3.05) is 13.7 Å². The van der Waals surface area contributed by atoms with Crippen molar-refractivity contribution in [3.05, 3.63) is 0 Å². The van der Waals surface area contributed by atoms with Crippen LogP contribution in [-0.4, -0.2) is 52.9 Å². The topological polar surface area (TPSA) is 89.9 Å². The van der Waals surface area contributed by atoms with Gasteiger partial charge in [0.25, 0.3) is 0 Å². The molecule has 0 aromatic carbocycles. The second-order valence-corrected chi connectivity index (χ2v) is 4.15. The van der Waals surface area contributed by atoms with Crippen LogP contribution in [0.4, 0.5) is 4.79 Å². The van der Waals surface area contributed by atoms with Gasteiger partial charge < -0.3 is 20.4 Å². The molecule has 2 unspecified atom stereocenters. The molecule has 0 rings (SSSR count). The summed E-state index contributed by atoms with van der Waals surface area (Å²) < 4.78 is 0. The zero-order valence-electron chi connectivity index (χ0n) is 10.1. The molecule has 0 saturated carbocycles. The van der Waals surface area contributed by atoms with Gasteiger partial charge in [0.2, 0.25) is 0 Å². The van der Waals surface area contributed by atoms with Crippen LogP contribution < -0.4 is 5.32 Å². The first kappa shape index (κ1) is 14.7. The Morgan fingerprint density at radius 2 is 1.81 bits per heavy atom. The predicted octanol–water partition coefficient (Wildman–Crippen LogP) is 0.118. The minimum Gasteiger partial charge on any atom is -0.480 e. The van der Waals surface area contributed by atoms with Gasteiger partial charge in [0.1, 0.15) is 6.04 Å². The highest BCUT2D eigenvalue weighted by Crippen LogP contribution is 2.03. The average molecular weight is 232 g/mol. The van der Waals surface area contributed by atoms with Gasteiger partial charge in [-0.2, -0.15) is 0 Å². The van der Waals surface area contributed by atoms with Gasteiger partial charge >= 0.3 is 12.0 Å². The van der Waals surface area contributed by atoms with Crippen LogP contribution in [0.5, 0.6) is 0 Å². The number of aliphatic hydroxyl groups excluding tert-OH is 1. The molecule has 0 radical (unpaired) electrons. The standard InChI is InChI=1S/C10H20N2O4/c1-6(2)8(9(14)15)11-10(16)12(4)7(3)5-13/h6-8,13H,5H2,1-4H3,(H,11,16)(H,14,15). The molecule has 6 heteroatoms. The highest BCUT2D eigenvalue weighted by molar-refractivity contribution is 5.82. The average Bonchev–Trinajstić information content (AvgIpc) is 2.22. The molecule has 6 nitrogen and oxygen atoms in total. The molecule has 3 N–H and O–H groups in total. The lowest BCUT2D eigenvalue weighted by Gasteiger charge is -2.26. The molecule has 0 aliphatic carbocycles. The van der Waals surface area contributed by atoms with Gasteiger partial charge in [0.05, 0.1) is 12.6 Å². The Hall–Kier alpha value is -1.30. The number of nitrogens with zero attached hydrogens (tertiary/aromatic N) is 1. The first-order valence-corrected chi connectivity index (χ1v) is 5.18. The molecule has 0 aromatic rings. The maximum absolute atomic E-state index is 11.6. The lowest BCUT2D eigenvalue weighted by atomic mass is 10.1. The third-order valence-corrected chi connectivity index (χ3v) is 2.46. The molecule has 2 amide bonds. The van der Waals surface area contributed by atoms with Crippen molar-refractivity contribution in [1.82, 2.24) is 10.2 Å². The third-order valence-electron chi connectivity index (χ3n) is 2.46. The monoisotopic (exact) mass is 232 g/mol. The summed E-state index contributed by atoms with van der Waals surface area (Å²) in [7, 11) is 1.51. The quantitative estimate of drug-likeness (QED) is 0.628. The molecule has 16 heavy (non-hydrogen) atoms. The molecule has 0 saturated heterocycles. The SMILES string of the molecule is CC(C)C(NC(=O)N(C)C(C)CO)C(=O)O. The van der Waals surface area contributed by atoms with E-state index in [1.165, 1.54) is 11.9 Å². The fourth-order valence-corrected chi connectivity index (χ4v) is 1.07. The second-order valence-electron chi connectivity index (χ2n) is 4.15. The Bertz CT molecular complexity index is 255. The smallest absolute Gasteiger partial charge is 0.326 e. The van der Waals surface area contributed by atoms with Gasteiger partial charge in [-0.1, -0.05) is 13.8 Å². The predicted molar refractivity (Wildman–Crippen MR) is 59.1 cm³/mol. The van der Waals surface area contributed by atoms with Crippen LogP contribution in [0, 0.1) is 5.92 Å². The normalized spacial score (nSPS) is 14.4. The van der Waals surface area contributed by atoms with Crippen molar-refractivity contribution in [1.29, 1.82) is 0 Å². The van der Waals surface area contributed by atoms with Crippen molar-refractivity contribution in [2.24, 2.45) is 5.92 Å². The molecule has 0 spiro atoms. The molecular weight excluding hydrogens is 212 g/mol. The highest BCUT2D eigenvalue weighted by atomic mass is 16.4. The van der Waals surface area contributed by atoms with Crippen molar-refractivity contribution in [3.8, 4) is 0 Å². The fourth-order valence-electron chi connectivity index (χ4n) is 1.07. The van der Waals surface area contributed by atoms with Crippen LogP contribution in [0.25, 0.3) is 0 Å².